The monoisotopic (exact) mass is 391 g/mol. The predicted octanol–water partition coefficient (Wildman–Crippen LogP) is 3.62. The molecule has 0 aromatic heterocycles. The van der Waals surface area contributed by atoms with Crippen molar-refractivity contribution in [3.63, 3.8) is 0 Å². The molecule has 2 heterocycles. The number of likely N-dealkylation sites (tertiary alicyclic amines) is 1. The molecule has 2 amide bonds. The van der Waals surface area contributed by atoms with Crippen molar-refractivity contribution in [2.24, 2.45) is 5.92 Å². The first-order chi connectivity index (χ1) is 14.1. The third-order valence-electron chi connectivity index (χ3n) is 6.04. The molecule has 2 aromatic carbocycles. The van der Waals surface area contributed by atoms with Crippen LogP contribution in [0, 0.1) is 12.8 Å². The molecule has 0 aliphatic carbocycles. The quantitative estimate of drug-likeness (QED) is 0.866. The normalized spacial score (nSPS) is 17.0. The Balaban J connectivity index is 1.30. The van der Waals surface area contributed by atoms with Gasteiger partial charge in [0.05, 0.1) is 6.54 Å². The molecule has 152 valence electrons. The highest BCUT2D eigenvalue weighted by atomic mass is 16.2. The zero-order chi connectivity index (χ0) is 20.2. The summed E-state index contributed by atoms with van der Waals surface area (Å²) < 4.78 is 0. The molecule has 0 spiro atoms. The molecule has 4 rings (SSSR count). The summed E-state index contributed by atoms with van der Waals surface area (Å²) in [4.78, 5) is 29.5. The maximum absolute atomic E-state index is 12.9. The Kier molecular flexibility index (Phi) is 5.84. The maximum Gasteiger partial charge on any atom is 0.242 e. The molecule has 0 atom stereocenters. The average molecular weight is 392 g/mol. The maximum atomic E-state index is 12.9. The van der Waals surface area contributed by atoms with Crippen molar-refractivity contribution in [2.75, 3.05) is 36.4 Å². The fraction of sp³-hybridized carbons (Fsp3) is 0.417. The Morgan fingerprint density at radius 2 is 1.79 bits per heavy atom. The minimum absolute atomic E-state index is 0.0297. The Labute approximate surface area is 172 Å². The van der Waals surface area contributed by atoms with E-state index in [1.54, 1.807) is 0 Å². The van der Waals surface area contributed by atoms with E-state index in [4.69, 9.17) is 0 Å². The number of piperidine rings is 1. The van der Waals surface area contributed by atoms with Gasteiger partial charge in [0.2, 0.25) is 11.8 Å². The number of anilines is 2. The first-order valence-electron chi connectivity index (χ1n) is 10.6. The second kappa shape index (κ2) is 8.68. The van der Waals surface area contributed by atoms with Gasteiger partial charge in [-0.05, 0) is 56.4 Å². The fourth-order valence-electron chi connectivity index (χ4n) is 4.39. The van der Waals surface area contributed by atoms with E-state index in [0.29, 0.717) is 19.6 Å². The van der Waals surface area contributed by atoms with E-state index in [1.807, 2.05) is 35.2 Å². The van der Waals surface area contributed by atoms with Crippen LogP contribution in [0.15, 0.2) is 48.5 Å². The van der Waals surface area contributed by atoms with Gasteiger partial charge >= 0.3 is 0 Å². The minimum Gasteiger partial charge on any atom is -0.362 e. The van der Waals surface area contributed by atoms with Gasteiger partial charge in [0.1, 0.15) is 0 Å². The summed E-state index contributed by atoms with van der Waals surface area (Å²) in [6.45, 7) is 4.78. The topological polar surface area (TPSA) is 52.7 Å². The molecule has 1 fully saturated rings. The molecule has 5 heteroatoms. The molecule has 2 aliphatic rings. The van der Waals surface area contributed by atoms with Gasteiger partial charge in [-0.25, -0.2) is 0 Å². The molecule has 0 unspecified atom stereocenters. The third-order valence-corrected chi connectivity index (χ3v) is 6.04. The number of carbonyl (C=O) groups is 2. The molecule has 0 bridgehead atoms. The molecule has 1 saturated heterocycles. The number of aryl methyl sites for hydroxylation is 2. The van der Waals surface area contributed by atoms with Crippen molar-refractivity contribution < 1.29 is 9.59 Å². The number of fused-ring (bicyclic) bond motifs is 1. The molecule has 2 aliphatic heterocycles. The van der Waals surface area contributed by atoms with Crippen LogP contribution in [-0.2, 0) is 16.0 Å². The highest BCUT2D eigenvalue weighted by molar-refractivity contribution is 5.92. The fourth-order valence-corrected chi connectivity index (χ4v) is 4.39. The molecule has 5 nitrogen and oxygen atoms in total. The summed E-state index contributed by atoms with van der Waals surface area (Å²) in [6.07, 6.45) is 3.62. The highest BCUT2D eigenvalue weighted by Crippen LogP contribution is 2.28. The average Bonchev–Trinajstić information content (AvgIpc) is 2.74. The number of carbonyl (C=O) groups excluding carboxylic acids is 2. The molecule has 29 heavy (non-hydrogen) atoms. The van der Waals surface area contributed by atoms with Gasteiger partial charge in [-0.3, -0.25) is 9.59 Å². The number of benzene rings is 2. The van der Waals surface area contributed by atoms with E-state index < -0.39 is 0 Å². The smallest absolute Gasteiger partial charge is 0.242 e. The molecular weight excluding hydrogens is 362 g/mol. The summed E-state index contributed by atoms with van der Waals surface area (Å²) in [5.74, 6) is 0.196. The number of amides is 2. The molecule has 1 N–H and O–H groups in total. The molecule has 2 aromatic rings. The Bertz CT molecular complexity index is 873. The Morgan fingerprint density at radius 3 is 2.55 bits per heavy atom. The lowest BCUT2D eigenvalue weighted by molar-refractivity contribution is -0.133. The van der Waals surface area contributed by atoms with Gasteiger partial charge in [-0.1, -0.05) is 35.9 Å². The van der Waals surface area contributed by atoms with Gasteiger partial charge in [-0.15, -0.1) is 0 Å². The second-order valence-electron chi connectivity index (χ2n) is 8.17. The van der Waals surface area contributed by atoms with Crippen LogP contribution in [-0.4, -0.2) is 42.9 Å². The van der Waals surface area contributed by atoms with Crippen LogP contribution in [0.2, 0.25) is 0 Å². The lowest BCUT2D eigenvalue weighted by Crippen LogP contribution is -2.46. The van der Waals surface area contributed by atoms with Gasteiger partial charge in [0, 0.05) is 36.9 Å². The number of hydrogen-bond donors (Lipinski definition) is 1. The van der Waals surface area contributed by atoms with Crippen LogP contribution in [0.1, 0.15) is 30.4 Å². The summed E-state index contributed by atoms with van der Waals surface area (Å²) in [6, 6.07) is 16.1. The van der Waals surface area contributed by atoms with Crippen molar-refractivity contribution in [3.8, 4) is 0 Å². The van der Waals surface area contributed by atoms with E-state index >= 15 is 0 Å². The first-order valence-corrected chi connectivity index (χ1v) is 10.6. The summed E-state index contributed by atoms with van der Waals surface area (Å²) >= 11 is 0. The number of hydrogen-bond acceptors (Lipinski definition) is 3. The number of rotatable bonds is 4. The van der Waals surface area contributed by atoms with Crippen LogP contribution in [0.3, 0.4) is 0 Å². The highest BCUT2D eigenvalue weighted by Gasteiger charge is 2.29. The predicted molar refractivity (Wildman–Crippen MR) is 116 cm³/mol. The Hall–Kier alpha value is -2.82. The molecular formula is C24H29N3O2. The van der Waals surface area contributed by atoms with Gasteiger partial charge in [0.25, 0.3) is 0 Å². The Morgan fingerprint density at radius 1 is 1.03 bits per heavy atom. The zero-order valence-corrected chi connectivity index (χ0v) is 17.1. The van der Waals surface area contributed by atoms with E-state index in [9.17, 15) is 9.59 Å². The van der Waals surface area contributed by atoms with Crippen molar-refractivity contribution in [3.05, 3.63) is 59.7 Å². The zero-order valence-electron chi connectivity index (χ0n) is 17.1. The van der Waals surface area contributed by atoms with Crippen molar-refractivity contribution in [1.82, 2.24) is 4.90 Å². The summed E-state index contributed by atoms with van der Waals surface area (Å²) in [5.41, 5.74) is 4.65. The van der Waals surface area contributed by atoms with E-state index in [0.717, 1.165) is 37.9 Å². The van der Waals surface area contributed by atoms with Gasteiger partial charge in [0.15, 0.2) is 0 Å². The van der Waals surface area contributed by atoms with Crippen LogP contribution in [0.4, 0.5) is 11.4 Å². The lowest BCUT2D eigenvalue weighted by Gasteiger charge is -2.35. The molecule has 0 saturated carbocycles. The summed E-state index contributed by atoms with van der Waals surface area (Å²) in [5, 5.41) is 2.99. The van der Waals surface area contributed by atoms with Gasteiger partial charge in [-0.2, -0.15) is 0 Å². The van der Waals surface area contributed by atoms with Crippen LogP contribution >= 0.6 is 0 Å². The van der Waals surface area contributed by atoms with Crippen molar-refractivity contribution in [1.29, 1.82) is 0 Å². The third kappa shape index (κ3) is 4.61. The number of nitrogens with one attached hydrogen (secondary N) is 1. The van der Waals surface area contributed by atoms with Crippen molar-refractivity contribution >= 4 is 23.2 Å². The van der Waals surface area contributed by atoms with E-state index in [2.05, 4.69) is 35.3 Å². The van der Waals surface area contributed by atoms with E-state index in [1.165, 1.54) is 16.8 Å². The van der Waals surface area contributed by atoms with Crippen LogP contribution in [0.5, 0.6) is 0 Å². The number of nitrogens with zero attached hydrogens (tertiary/aromatic N) is 2. The number of para-hydroxylation sites is 1. The van der Waals surface area contributed by atoms with Gasteiger partial charge < -0.3 is 15.1 Å². The van der Waals surface area contributed by atoms with Crippen LogP contribution < -0.4 is 10.2 Å². The standard InChI is InChI=1S/C24H29N3O2/c1-18-9-10-22-20(16-18)6-5-13-27(22)17-23(28)26-14-11-19(12-15-26)24(29)25-21-7-3-2-4-8-21/h2-4,7-10,16,19H,5-6,11-15,17H2,1H3,(H,25,29). The van der Waals surface area contributed by atoms with E-state index in [-0.39, 0.29) is 17.7 Å². The SMILES string of the molecule is Cc1ccc2c(c1)CCCN2CC(=O)N1CCC(C(=O)Nc2ccccc2)CC1. The lowest BCUT2D eigenvalue weighted by atomic mass is 9.95. The minimum atomic E-state index is -0.0297. The van der Waals surface area contributed by atoms with Crippen LogP contribution in [0.25, 0.3) is 0 Å². The van der Waals surface area contributed by atoms with Crippen molar-refractivity contribution in [2.45, 2.75) is 32.6 Å². The summed E-state index contributed by atoms with van der Waals surface area (Å²) in [7, 11) is 0. The first kappa shape index (κ1) is 19.5. The second-order valence-corrected chi connectivity index (χ2v) is 8.17. The molecule has 0 radical (unpaired) electrons. The largest absolute Gasteiger partial charge is 0.362 e.